The zero-order valence-corrected chi connectivity index (χ0v) is 17.6. The number of nitrogens with one attached hydrogen (secondary N) is 1. The predicted molar refractivity (Wildman–Crippen MR) is 122 cm³/mol. The zero-order valence-electron chi connectivity index (χ0n) is 17.6. The molecule has 28 heavy (non-hydrogen) atoms. The monoisotopic (exact) mass is 379 g/mol. The Morgan fingerprint density at radius 3 is 2.86 bits per heavy atom. The van der Waals surface area contributed by atoms with Crippen molar-refractivity contribution in [2.75, 3.05) is 44.6 Å². The van der Waals surface area contributed by atoms with Gasteiger partial charge in [-0.15, -0.1) is 0 Å². The highest BCUT2D eigenvalue weighted by atomic mass is 15.2. The van der Waals surface area contributed by atoms with Gasteiger partial charge in [0.15, 0.2) is 0 Å². The van der Waals surface area contributed by atoms with Gasteiger partial charge < -0.3 is 10.2 Å². The van der Waals surface area contributed by atoms with E-state index >= 15 is 0 Å². The second kappa shape index (κ2) is 11.2. The number of allylic oxidation sites excluding steroid dienone is 5. The lowest BCUT2D eigenvalue weighted by Crippen LogP contribution is -2.36. The van der Waals surface area contributed by atoms with Crippen LogP contribution < -0.4 is 5.32 Å². The zero-order chi connectivity index (χ0) is 19.6. The first-order valence-electron chi connectivity index (χ1n) is 11.0. The fourth-order valence-electron chi connectivity index (χ4n) is 4.43. The van der Waals surface area contributed by atoms with E-state index < -0.39 is 0 Å². The molecule has 1 saturated heterocycles. The van der Waals surface area contributed by atoms with Crippen LogP contribution >= 0.6 is 0 Å². The third kappa shape index (κ3) is 6.35. The summed E-state index contributed by atoms with van der Waals surface area (Å²) in [6.07, 6.45) is 13.6. The summed E-state index contributed by atoms with van der Waals surface area (Å²) in [4.78, 5) is 5.30. The second-order valence-electron chi connectivity index (χ2n) is 8.16. The van der Waals surface area contributed by atoms with Crippen molar-refractivity contribution in [3.63, 3.8) is 0 Å². The van der Waals surface area contributed by atoms with E-state index in [-0.39, 0.29) is 0 Å². The lowest BCUT2D eigenvalue weighted by molar-refractivity contribution is 0.207. The Labute approximate surface area is 171 Å². The molecule has 1 aromatic rings. The van der Waals surface area contributed by atoms with Gasteiger partial charge in [-0.2, -0.15) is 0 Å². The van der Waals surface area contributed by atoms with Gasteiger partial charge in [0.2, 0.25) is 0 Å². The van der Waals surface area contributed by atoms with Crippen molar-refractivity contribution in [3.05, 3.63) is 66.3 Å². The van der Waals surface area contributed by atoms with Gasteiger partial charge in [-0.3, -0.25) is 4.90 Å². The summed E-state index contributed by atoms with van der Waals surface area (Å²) < 4.78 is 0. The van der Waals surface area contributed by atoms with Crippen LogP contribution in [0.25, 0.3) is 0 Å². The molecule has 3 nitrogen and oxygen atoms in total. The molecule has 0 saturated carbocycles. The molecule has 0 aromatic heterocycles. The molecule has 1 aromatic carbocycles. The van der Waals surface area contributed by atoms with Crippen molar-refractivity contribution in [2.24, 2.45) is 5.92 Å². The molecular formula is C25H37N3. The van der Waals surface area contributed by atoms with Crippen LogP contribution in [-0.2, 0) is 6.54 Å². The third-order valence-electron chi connectivity index (χ3n) is 6.17. The Kier molecular flexibility index (Phi) is 8.38. The predicted octanol–water partition coefficient (Wildman–Crippen LogP) is 5.09. The van der Waals surface area contributed by atoms with Crippen molar-refractivity contribution in [1.82, 2.24) is 9.80 Å². The van der Waals surface area contributed by atoms with E-state index in [2.05, 4.69) is 71.1 Å². The Morgan fingerprint density at radius 2 is 2.00 bits per heavy atom. The number of likely N-dealkylation sites (tertiary alicyclic amines) is 1. The summed E-state index contributed by atoms with van der Waals surface area (Å²) in [6.45, 7) is 14.1. The largest absolute Gasteiger partial charge is 0.383 e. The fourth-order valence-corrected chi connectivity index (χ4v) is 4.43. The van der Waals surface area contributed by atoms with E-state index in [1.165, 1.54) is 68.7 Å². The fraction of sp³-hybridized carbons (Fsp3) is 0.520. The summed E-state index contributed by atoms with van der Waals surface area (Å²) >= 11 is 0. The number of hydrogen-bond donors (Lipinski definition) is 1. The van der Waals surface area contributed by atoms with Crippen molar-refractivity contribution < 1.29 is 0 Å². The SMILES string of the molecule is C=C/C=C\C(=C/C)CC1CCCN(CCN2CCNc3ccccc3C2)CC1. The molecule has 3 heteroatoms. The lowest BCUT2D eigenvalue weighted by atomic mass is 9.92. The molecule has 0 amide bonds. The molecule has 2 aliphatic rings. The molecular weight excluding hydrogens is 342 g/mol. The quantitative estimate of drug-likeness (QED) is 0.665. The van der Waals surface area contributed by atoms with Crippen LogP contribution in [0.15, 0.2) is 60.7 Å². The molecule has 1 N–H and O–H groups in total. The van der Waals surface area contributed by atoms with E-state index in [1.54, 1.807) is 0 Å². The number of benzene rings is 1. The minimum atomic E-state index is 0.819. The standard InChI is InChI=1S/C25H37N3/c1-3-5-9-22(4-2)20-23-10-8-15-27(16-13-23)18-19-28-17-14-26-25-12-7-6-11-24(25)21-28/h3-7,9,11-12,23,26H,1,8,10,13-21H2,2H3/b9-5-,22-4+. The number of rotatable bonds is 7. The van der Waals surface area contributed by atoms with Gasteiger partial charge in [0.05, 0.1) is 0 Å². The number of hydrogen-bond acceptors (Lipinski definition) is 3. The van der Waals surface area contributed by atoms with Gasteiger partial charge in [0.1, 0.15) is 0 Å². The maximum Gasteiger partial charge on any atom is 0.0386 e. The number of nitrogens with zero attached hydrogens (tertiary/aromatic N) is 2. The number of para-hydroxylation sites is 1. The van der Waals surface area contributed by atoms with Gasteiger partial charge in [-0.05, 0) is 63.2 Å². The average Bonchev–Trinajstić information content (AvgIpc) is 3.07. The minimum absolute atomic E-state index is 0.819. The summed E-state index contributed by atoms with van der Waals surface area (Å²) in [7, 11) is 0. The van der Waals surface area contributed by atoms with Crippen molar-refractivity contribution in [1.29, 1.82) is 0 Å². The van der Waals surface area contributed by atoms with Gasteiger partial charge in [-0.1, -0.05) is 54.7 Å². The van der Waals surface area contributed by atoms with E-state index in [1.807, 2.05) is 6.08 Å². The maximum atomic E-state index is 3.79. The summed E-state index contributed by atoms with van der Waals surface area (Å²) in [5.41, 5.74) is 4.20. The normalized spacial score (nSPS) is 22.3. The highest BCUT2D eigenvalue weighted by Crippen LogP contribution is 2.25. The molecule has 2 aliphatic heterocycles. The van der Waals surface area contributed by atoms with Crippen molar-refractivity contribution >= 4 is 5.69 Å². The van der Waals surface area contributed by atoms with Crippen LogP contribution in [0.3, 0.4) is 0 Å². The second-order valence-corrected chi connectivity index (χ2v) is 8.16. The molecule has 0 bridgehead atoms. The van der Waals surface area contributed by atoms with Crippen LogP contribution in [0.4, 0.5) is 5.69 Å². The summed E-state index contributed by atoms with van der Waals surface area (Å²) in [6, 6.07) is 8.75. The molecule has 0 aliphatic carbocycles. The third-order valence-corrected chi connectivity index (χ3v) is 6.17. The molecule has 152 valence electrons. The van der Waals surface area contributed by atoms with Crippen LogP contribution in [0, 0.1) is 5.92 Å². The van der Waals surface area contributed by atoms with Gasteiger partial charge >= 0.3 is 0 Å². The molecule has 0 spiro atoms. The first kappa shape index (κ1) is 20.9. The molecule has 1 unspecified atom stereocenters. The van der Waals surface area contributed by atoms with E-state index in [0.717, 1.165) is 25.6 Å². The minimum Gasteiger partial charge on any atom is -0.383 e. The topological polar surface area (TPSA) is 18.5 Å². The van der Waals surface area contributed by atoms with E-state index in [4.69, 9.17) is 0 Å². The average molecular weight is 380 g/mol. The summed E-state index contributed by atoms with van der Waals surface area (Å²) in [5.74, 6) is 0.819. The van der Waals surface area contributed by atoms with E-state index in [0.29, 0.717) is 0 Å². The molecule has 0 radical (unpaired) electrons. The van der Waals surface area contributed by atoms with Crippen molar-refractivity contribution in [3.8, 4) is 0 Å². The van der Waals surface area contributed by atoms with Gasteiger partial charge in [-0.25, -0.2) is 0 Å². The Hall–Kier alpha value is -1.84. The Bertz CT molecular complexity index is 676. The number of anilines is 1. The van der Waals surface area contributed by atoms with Gasteiger partial charge in [0, 0.05) is 38.4 Å². The first-order chi connectivity index (χ1) is 13.8. The van der Waals surface area contributed by atoms with Crippen LogP contribution in [0.5, 0.6) is 0 Å². The number of fused-ring (bicyclic) bond motifs is 1. The molecule has 1 fully saturated rings. The van der Waals surface area contributed by atoms with Crippen LogP contribution in [0.2, 0.25) is 0 Å². The highest BCUT2D eigenvalue weighted by molar-refractivity contribution is 5.51. The maximum absolute atomic E-state index is 3.79. The molecule has 3 rings (SSSR count). The van der Waals surface area contributed by atoms with Crippen LogP contribution in [-0.4, -0.2) is 49.1 Å². The molecule has 2 heterocycles. The van der Waals surface area contributed by atoms with Crippen LogP contribution in [0.1, 0.15) is 38.2 Å². The Balaban J connectivity index is 1.45. The van der Waals surface area contributed by atoms with E-state index in [9.17, 15) is 0 Å². The lowest BCUT2D eigenvalue weighted by Gasteiger charge is -2.26. The first-order valence-corrected chi connectivity index (χ1v) is 11.0. The van der Waals surface area contributed by atoms with Gasteiger partial charge in [0.25, 0.3) is 0 Å². The smallest absolute Gasteiger partial charge is 0.0386 e. The Morgan fingerprint density at radius 1 is 1.14 bits per heavy atom. The van der Waals surface area contributed by atoms with Crippen molar-refractivity contribution in [2.45, 2.75) is 39.2 Å². The highest BCUT2D eigenvalue weighted by Gasteiger charge is 2.19. The summed E-state index contributed by atoms with van der Waals surface area (Å²) in [5, 5.41) is 3.57. The molecule has 1 atom stereocenters.